The summed E-state index contributed by atoms with van der Waals surface area (Å²) in [6.45, 7) is 0. The smallest absolute Gasteiger partial charge is 0.411 e. The highest BCUT2D eigenvalue weighted by atomic mass is 19.1. The van der Waals surface area contributed by atoms with Crippen molar-refractivity contribution in [3.05, 3.63) is 131 Å². The van der Waals surface area contributed by atoms with Gasteiger partial charge in [0.15, 0.2) is 0 Å². The maximum absolute atomic E-state index is 12.4. The van der Waals surface area contributed by atoms with Crippen LogP contribution in [0.1, 0.15) is 15.9 Å². The minimum Gasteiger partial charge on any atom is -0.453 e. The lowest BCUT2D eigenvalue weighted by atomic mass is 10.1. The van der Waals surface area contributed by atoms with E-state index in [1.54, 1.807) is 19.2 Å². The van der Waals surface area contributed by atoms with Gasteiger partial charge in [-0.05, 0) is 90.5 Å². The number of benzene rings is 4. The third-order valence-corrected chi connectivity index (χ3v) is 5.50. The molecule has 0 unspecified atom stereocenters. The Labute approximate surface area is 269 Å². The first kappa shape index (κ1) is 39.1. The van der Waals surface area contributed by atoms with E-state index >= 15 is 0 Å². The van der Waals surface area contributed by atoms with Gasteiger partial charge in [0.05, 0.1) is 13.5 Å². The monoisotopic (exact) mass is 657 g/mol. The number of ether oxygens (including phenoxy) is 1. The molecule has 10 nitrogen and oxygen atoms in total. The van der Waals surface area contributed by atoms with E-state index in [1.165, 1.54) is 106 Å². The van der Waals surface area contributed by atoms with Crippen LogP contribution >= 0.6 is 0 Å². The van der Waals surface area contributed by atoms with Gasteiger partial charge in [-0.3, -0.25) is 14.9 Å². The molecule has 4 rings (SSSR count). The minimum atomic E-state index is -0.568. The Morgan fingerprint density at radius 2 is 0.957 bits per heavy atom. The summed E-state index contributed by atoms with van der Waals surface area (Å²) < 4.78 is 53.8. The largest absolute Gasteiger partial charge is 0.453 e. The standard InChI is InChI=1S/C9H10FNO.C8H9FN2O.C8H8FNO2.C8H8FNO/c1-11-9(12)6-7-2-4-8(10)5-3-7;1-10-8(12)11-7-4-2-6(9)3-5-7;1-12-8(11)10-7-4-2-6(9)3-5-7;1-10-8(11)6-2-4-7(9)5-3-6/h2-5H,6H2,1H3,(H,11,12);2-5H,1H3,(H2,10,11,12);2-5H,1H3,(H,10,11);2-5H,1H3,(H,10,11). The lowest BCUT2D eigenvalue weighted by Crippen LogP contribution is -2.24. The van der Waals surface area contributed by atoms with Crippen molar-refractivity contribution < 1.29 is 41.5 Å². The molecule has 0 bridgehead atoms. The van der Waals surface area contributed by atoms with Gasteiger partial charge in [0.25, 0.3) is 5.91 Å². The third-order valence-electron chi connectivity index (χ3n) is 5.50. The molecule has 250 valence electrons. The summed E-state index contributed by atoms with van der Waals surface area (Å²) in [4.78, 5) is 43.1. The van der Waals surface area contributed by atoms with E-state index in [9.17, 15) is 36.7 Å². The molecule has 47 heavy (non-hydrogen) atoms. The van der Waals surface area contributed by atoms with Crippen molar-refractivity contribution in [2.45, 2.75) is 6.42 Å². The van der Waals surface area contributed by atoms with E-state index in [2.05, 4.69) is 31.3 Å². The number of carbonyl (C=O) groups is 4. The van der Waals surface area contributed by atoms with Crippen LogP contribution in [0.25, 0.3) is 0 Å². The van der Waals surface area contributed by atoms with E-state index in [0.29, 0.717) is 23.4 Å². The van der Waals surface area contributed by atoms with Crippen LogP contribution in [0.5, 0.6) is 0 Å². The molecule has 5 amide bonds. The molecule has 4 aromatic carbocycles. The maximum atomic E-state index is 12.4. The molecule has 0 aliphatic rings. The van der Waals surface area contributed by atoms with E-state index in [0.717, 1.165) is 5.56 Å². The second-order valence-corrected chi connectivity index (χ2v) is 8.90. The first-order chi connectivity index (χ1) is 22.4. The molecular formula is C33H35F4N5O5. The Kier molecular flexibility index (Phi) is 18.1. The average Bonchev–Trinajstić information content (AvgIpc) is 3.08. The topological polar surface area (TPSA) is 138 Å². The SMILES string of the molecule is CNC(=O)Cc1ccc(F)cc1.CNC(=O)Nc1ccc(F)cc1.CNC(=O)c1ccc(F)cc1.COC(=O)Nc1ccc(F)cc1. The number of hydrogen-bond acceptors (Lipinski definition) is 5. The van der Waals surface area contributed by atoms with Crippen LogP contribution in [0.15, 0.2) is 97.1 Å². The predicted molar refractivity (Wildman–Crippen MR) is 171 cm³/mol. The van der Waals surface area contributed by atoms with Crippen molar-refractivity contribution >= 4 is 35.3 Å². The van der Waals surface area contributed by atoms with Crippen LogP contribution in [0.4, 0.5) is 38.5 Å². The molecule has 0 spiro atoms. The fraction of sp³-hybridized carbons (Fsp3) is 0.152. The van der Waals surface area contributed by atoms with Crippen LogP contribution in [0.3, 0.4) is 0 Å². The number of hydrogen-bond donors (Lipinski definition) is 5. The zero-order valence-corrected chi connectivity index (χ0v) is 26.0. The van der Waals surface area contributed by atoms with E-state index < -0.39 is 6.09 Å². The quantitative estimate of drug-likeness (QED) is 0.171. The third kappa shape index (κ3) is 17.2. The fourth-order valence-corrected chi connectivity index (χ4v) is 3.05. The van der Waals surface area contributed by atoms with Crippen LogP contribution in [0.2, 0.25) is 0 Å². The Morgan fingerprint density at radius 1 is 0.553 bits per heavy atom. The van der Waals surface area contributed by atoms with Gasteiger partial charge in [-0.25, -0.2) is 27.2 Å². The number of carbonyl (C=O) groups excluding carboxylic acids is 4. The predicted octanol–water partition coefficient (Wildman–Crippen LogP) is 5.88. The minimum absolute atomic E-state index is 0.0680. The highest BCUT2D eigenvalue weighted by molar-refractivity contribution is 5.93. The van der Waals surface area contributed by atoms with E-state index in [4.69, 9.17) is 0 Å². The molecule has 0 saturated carbocycles. The molecule has 0 aliphatic carbocycles. The van der Waals surface area contributed by atoms with Gasteiger partial charge >= 0.3 is 12.1 Å². The zero-order valence-electron chi connectivity index (χ0n) is 26.0. The molecule has 0 aromatic heterocycles. The number of urea groups is 1. The van der Waals surface area contributed by atoms with Gasteiger partial charge < -0.3 is 26.0 Å². The summed E-state index contributed by atoms with van der Waals surface area (Å²) in [5.74, 6) is -1.55. The number of methoxy groups -OCH3 is 1. The molecule has 0 radical (unpaired) electrons. The maximum Gasteiger partial charge on any atom is 0.411 e. The molecule has 4 aromatic rings. The Balaban J connectivity index is 0.000000314. The molecule has 14 heteroatoms. The fourth-order valence-electron chi connectivity index (χ4n) is 3.05. The van der Waals surface area contributed by atoms with E-state index in [1.807, 2.05) is 0 Å². The van der Waals surface area contributed by atoms with Crippen molar-refractivity contribution in [3.8, 4) is 0 Å². The van der Waals surface area contributed by atoms with Gasteiger partial charge in [-0.15, -0.1) is 0 Å². The normalized spacial score (nSPS) is 9.28. The number of amides is 5. The summed E-state index contributed by atoms with van der Waals surface area (Å²) in [7, 11) is 5.88. The van der Waals surface area contributed by atoms with Crippen molar-refractivity contribution in [1.29, 1.82) is 0 Å². The van der Waals surface area contributed by atoms with Gasteiger partial charge in [0.1, 0.15) is 23.3 Å². The lowest BCUT2D eigenvalue weighted by Gasteiger charge is -2.02. The average molecular weight is 658 g/mol. The number of anilines is 2. The summed E-state index contributed by atoms with van der Waals surface area (Å²) in [6, 6.07) is 21.9. The Bertz CT molecular complexity index is 1400. The van der Waals surface area contributed by atoms with Gasteiger partial charge in [0.2, 0.25) is 5.91 Å². The van der Waals surface area contributed by atoms with Crippen molar-refractivity contribution in [3.63, 3.8) is 0 Å². The van der Waals surface area contributed by atoms with Gasteiger partial charge in [0, 0.05) is 38.1 Å². The number of likely N-dealkylation sites (N-methyl/N-ethyl adjacent to an activating group) is 1. The first-order valence-corrected chi connectivity index (χ1v) is 13.7. The van der Waals surface area contributed by atoms with Gasteiger partial charge in [-0.2, -0.15) is 0 Å². The van der Waals surface area contributed by atoms with Crippen molar-refractivity contribution in [1.82, 2.24) is 16.0 Å². The molecule has 5 N–H and O–H groups in total. The summed E-state index contributed by atoms with van der Waals surface area (Å²) in [5, 5.41) is 12.2. The van der Waals surface area contributed by atoms with Crippen LogP contribution in [0, 0.1) is 23.3 Å². The van der Waals surface area contributed by atoms with E-state index in [-0.39, 0.29) is 41.1 Å². The summed E-state index contributed by atoms with van der Waals surface area (Å²) in [5.41, 5.74) is 2.35. The van der Waals surface area contributed by atoms with Gasteiger partial charge in [-0.1, -0.05) is 12.1 Å². The molecule has 0 saturated heterocycles. The molecule has 0 atom stereocenters. The Morgan fingerprint density at radius 3 is 1.34 bits per heavy atom. The second kappa shape index (κ2) is 21.7. The van der Waals surface area contributed by atoms with Crippen LogP contribution in [-0.2, 0) is 16.0 Å². The van der Waals surface area contributed by atoms with Crippen LogP contribution in [-0.4, -0.2) is 52.2 Å². The zero-order chi connectivity index (χ0) is 35.2. The number of rotatable bonds is 5. The number of halogens is 4. The second-order valence-electron chi connectivity index (χ2n) is 8.90. The highest BCUT2D eigenvalue weighted by Crippen LogP contribution is 2.09. The van der Waals surface area contributed by atoms with Crippen molar-refractivity contribution in [2.24, 2.45) is 0 Å². The first-order valence-electron chi connectivity index (χ1n) is 13.7. The number of nitrogens with one attached hydrogen (secondary N) is 5. The van der Waals surface area contributed by atoms with Crippen molar-refractivity contribution in [2.75, 3.05) is 38.9 Å². The van der Waals surface area contributed by atoms with Crippen LogP contribution < -0.4 is 26.6 Å². The lowest BCUT2D eigenvalue weighted by molar-refractivity contribution is -0.119. The molecule has 0 fully saturated rings. The molecular weight excluding hydrogens is 622 g/mol. The highest BCUT2D eigenvalue weighted by Gasteiger charge is 2.02. The molecule has 0 heterocycles. The summed E-state index contributed by atoms with van der Waals surface area (Å²) in [6.07, 6.45) is -0.266. The molecule has 0 aliphatic heterocycles. The summed E-state index contributed by atoms with van der Waals surface area (Å²) >= 11 is 0. The Hall–Kier alpha value is -5.92.